The first-order chi connectivity index (χ1) is 21.1. The van der Waals surface area contributed by atoms with Crippen molar-refractivity contribution in [1.29, 1.82) is 0 Å². The van der Waals surface area contributed by atoms with Gasteiger partial charge in [0.25, 0.3) is 11.8 Å². The molecule has 0 saturated heterocycles. The molecule has 11 heteroatoms. The Bertz CT molecular complexity index is 1790. The minimum atomic E-state index is -0.762. The van der Waals surface area contributed by atoms with Crippen molar-refractivity contribution in [3.63, 3.8) is 0 Å². The van der Waals surface area contributed by atoms with E-state index in [1.54, 1.807) is 60.8 Å². The highest BCUT2D eigenvalue weighted by Gasteiger charge is 2.21. The van der Waals surface area contributed by atoms with Crippen LogP contribution in [0.2, 0.25) is 0 Å². The fourth-order valence-electron chi connectivity index (χ4n) is 4.39. The van der Waals surface area contributed by atoms with E-state index in [2.05, 4.69) is 26.0 Å². The molecule has 0 spiro atoms. The van der Waals surface area contributed by atoms with Crippen LogP contribution in [-0.2, 0) is 6.54 Å². The van der Waals surface area contributed by atoms with E-state index in [1.807, 2.05) is 37.4 Å². The van der Waals surface area contributed by atoms with Gasteiger partial charge in [0, 0.05) is 29.4 Å². The number of nitrogens with zero attached hydrogens (tertiary/aromatic N) is 3. The van der Waals surface area contributed by atoms with Crippen LogP contribution in [0.1, 0.15) is 47.1 Å². The molecule has 10 nitrogen and oxygen atoms in total. The summed E-state index contributed by atoms with van der Waals surface area (Å²) >= 11 is 0. The molecule has 0 aliphatic carbocycles. The zero-order valence-electron chi connectivity index (χ0n) is 24.6. The van der Waals surface area contributed by atoms with E-state index in [9.17, 15) is 19.1 Å². The quantitative estimate of drug-likeness (QED) is 0.167. The molecule has 0 aliphatic heterocycles. The van der Waals surface area contributed by atoms with Gasteiger partial charge in [0.2, 0.25) is 5.95 Å². The van der Waals surface area contributed by atoms with Crippen molar-refractivity contribution in [3.8, 4) is 16.9 Å². The Hall–Kier alpha value is -5.29. The van der Waals surface area contributed by atoms with Gasteiger partial charge in [-0.15, -0.1) is 5.10 Å². The first-order valence-electron chi connectivity index (χ1n) is 14.1. The smallest absolute Gasteiger partial charge is 0.251 e. The normalized spacial score (nSPS) is 11.3. The fourth-order valence-corrected chi connectivity index (χ4v) is 4.39. The maximum atomic E-state index is 13.1. The maximum absolute atomic E-state index is 13.1. The zero-order valence-corrected chi connectivity index (χ0v) is 24.6. The van der Waals surface area contributed by atoms with Gasteiger partial charge >= 0.3 is 0 Å². The van der Waals surface area contributed by atoms with Crippen molar-refractivity contribution >= 4 is 29.1 Å². The lowest BCUT2D eigenvalue weighted by atomic mass is 10.1. The van der Waals surface area contributed by atoms with Crippen molar-refractivity contribution in [3.05, 3.63) is 108 Å². The van der Waals surface area contributed by atoms with Gasteiger partial charge in [-0.3, -0.25) is 9.59 Å². The van der Waals surface area contributed by atoms with Crippen molar-refractivity contribution in [1.82, 2.24) is 25.2 Å². The molecular weight excluding hydrogens is 563 g/mol. The summed E-state index contributed by atoms with van der Waals surface area (Å²) in [5.41, 5.74) is 3.93. The molecule has 226 valence electrons. The highest BCUT2D eigenvalue weighted by Crippen LogP contribution is 2.29. The SMILES string of the molecule is CCOc1cc(C(=O)NC(C)(C)CO)ccc1Nc1nc2ccc(-c3ccc(C(=O)NCc4ccc(F)cc4)cc3)cn2n1. The van der Waals surface area contributed by atoms with E-state index < -0.39 is 5.54 Å². The summed E-state index contributed by atoms with van der Waals surface area (Å²) in [6, 6.07) is 22.0. The summed E-state index contributed by atoms with van der Waals surface area (Å²) < 4.78 is 20.5. The highest BCUT2D eigenvalue weighted by atomic mass is 19.1. The predicted molar refractivity (Wildman–Crippen MR) is 166 cm³/mol. The number of nitrogens with one attached hydrogen (secondary N) is 3. The molecule has 2 heterocycles. The van der Waals surface area contributed by atoms with Crippen molar-refractivity contribution in [2.24, 2.45) is 0 Å². The average molecular weight is 597 g/mol. The number of carbonyl (C=O) groups is 2. The number of hydrogen-bond acceptors (Lipinski definition) is 7. The summed E-state index contributed by atoms with van der Waals surface area (Å²) in [6.45, 7) is 5.81. The molecule has 2 amide bonds. The number of halogens is 1. The van der Waals surface area contributed by atoms with Gasteiger partial charge in [-0.05, 0) is 86.5 Å². The summed E-state index contributed by atoms with van der Waals surface area (Å²) in [6.07, 6.45) is 1.84. The lowest BCUT2D eigenvalue weighted by Crippen LogP contribution is -2.46. The minimum absolute atomic E-state index is 0.194. The molecule has 4 N–H and O–H groups in total. The molecule has 0 atom stereocenters. The number of aromatic nitrogens is 3. The van der Waals surface area contributed by atoms with Gasteiger partial charge in [-0.25, -0.2) is 8.91 Å². The van der Waals surface area contributed by atoms with Crippen LogP contribution < -0.4 is 20.7 Å². The molecule has 0 radical (unpaired) electrons. The van der Waals surface area contributed by atoms with Crippen molar-refractivity contribution in [2.45, 2.75) is 32.9 Å². The topological polar surface area (TPSA) is 130 Å². The number of pyridine rings is 1. The molecule has 0 aliphatic rings. The van der Waals surface area contributed by atoms with Gasteiger partial charge in [0.1, 0.15) is 11.6 Å². The van der Waals surface area contributed by atoms with Crippen LogP contribution in [0.15, 0.2) is 85.1 Å². The molecule has 5 rings (SSSR count). The van der Waals surface area contributed by atoms with Gasteiger partial charge in [-0.2, -0.15) is 4.98 Å². The van der Waals surface area contributed by atoms with E-state index in [4.69, 9.17) is 4.74 Å². The molecule has 0 fully saturated rings. The summed E-state index contributed by atoms with van der Waals surface area (Å²) in [5.74, 6) is -0.0652. The predicted octanol–water partition coefficient (Wildman–Crippen LogP) is 5.11. The number of amides is 2. The number of rotatable bonds is 11. The van der Waals surface area contributed by atoms with E-state index in [0.29, 0.717) is 47.3 Å². The second kappa shape index (κ2) is 12.9. The van der Waals surface area contributed by atoms with Crippen LogP contribution in [0.3, 0.4) is 0 Å². The van der Waals surface area contributed by atoms with Crippen LogP contribution >= 0.6 is 0 Å². The number of hydrogen-bond donors (Lipinski definition) is 4. The van der Waals surface area contributed by atoms with Crippen LogP contribution in [-0.4, -0.2) is 50.3 Å². The van der Waals surface area contributed by atoms with E-state index in [0.717, 1.165) is 16.7 Å². The van der Waals surface area contributed by atoms with Gasteiger partial charge in [-0.1, -0.05) is 24.3 Å². The molecule has 5 aromatic rings. The molecule has 44 heavy (non-hydrogen) atoms. The van der Waals surface area contributed by atoms with Gasteiger partial charge in [0.05, 0.1) is 24.4 Å². The van der Waals surface area contributed by atoms with Gasteiger partial charge < -0.3 is 25.8 Å². The third-order valence-electron chi connectivity index (χ3n) is 6.82. The Morgan fingerprint density at radius 2 is 1.64 bits per heavy atom. The van der Waals surface area contributed by atoms with Crippen molar-refractivity contribution in [2.75, 3.05) is 18.5 Å². The standard InChI is InChI=1S/C33H33FN6O4/c1-4-44-28-17-24(31(43)38-33(2,3)20-41)11-15-27(28)36-32-37-29-16-12-25(19-40(29)39-32)22-7-9-23(10-8-22)30(42)35-18-21-5-13-26(34)14-6-21/h5-17,19,41H,4,18,20H2,1-3H3,(H,35,42)(H,36,39)(H,38,43). The Morgan fingerprint density at radius 1 is 0.932 bits per heavy atom. The first-order valence-corrected chi connectivity index (χ1v) is 14.1. The second-order valence-corrected chi connectivity index (χ2v) is 10.8. The first kappa shape index (κ1) is 30.2. The number of aliphatic hydroxyl groups is 1. The molecule has 0 bridgehead atoms. The third kappa shape index (κ3) is 7.19. The lowest BCUT2D eigenvalue weighted by Gasteiger charge is -2.23. The van der Waals surface area contributed by atoms with Gasteiger partial charge in [0.15, 0.2) is 5.65 Å². The lowest BCUT2D eigenvalue weighted by molar-refractivity contribution is 0.0868. The Kier molecular flexibility index (Phi) is 8.86. The van der Waals surface area contributed by atoms with Crippen LogP contribution in [0, 0.1) is 5.82 Å². The largest absolute Gasteiger partial charge is 0.492 e. The van der Waals surface area contributed by atoms with E-state index in [1.165, 1.54) is 12.1 Å². The number of fused-ring (bicyclic) bond motifs is 1. The molecule has 0 saturated carbocycles. The minimum Gasteiger partial charge on any atom is -0.492 e. The van der Waals surface area contributed by atoms with E-state index in [-0.39, 0.29) is 24.2 Å². The van der Waals surface area contributed by atoms with Crippen molar-refractivity contribution < 1.29 is 23.8 Å². The molecular formula is C33H33FN6O4. The Labute approximate surface area is 253 Å². The van der Waals surface area contributed by atoms with Crippen LogP contribution in [0.5, 0.6) is 5.75 Å². The summed E-state index contributed by atoms with van der Waals surface area (Å²) in [4.78, 5) is 29.8. The monoisotopic (exact) mass is 596 g/mol. The summed E-state index contributed by atoms with van der Waals surface area (Å²) in [7, 11) is 0. The highest BCUT2D eigenvalue weighted by molar-refractivity contribution is 5.96. The van der Waals surface area contributed by atoms with Crippen LogP contribution in [0.4, 0.5) is 16.0 Å². The van der Waals surface area contributed by atoms with E-state index >= 15 is 0 Å². The average Bonchev–Trinajstić information content (AvgIpc) is 3.43. The molecule has 0 unspecified atom stereocenters. The molecule has 3 aromatic carbocycles. The number of anilines is 2. The number of ether oxygens (including phenoxy) is 1. The number of aliphatic hydroxyl groups excluding tert-OH is 1. The maximum Gasteiger partial charge on any atom is 0.251 e. The van der Waals surface area contributed by atoms with Crippen LogP contribution in [0.25, 0.3) is 16.8 Å². The zero-order chi connectivity index (χ0) is 31.3. The number of carbonyl (C=O) groups excluding carboxylic acids is 2. The fraction of sp³-hybridized carbons (Fsp3) is 0.212. The third-order valence-corrected chi connectivity index (χ3v) is 6.82. The Morgan fingerprint density at radius 3 is 2.34 bits per heavy atom. The second-order valence-electron chi connectivity index (χ2n) is 10.8. The summed E-state index contributed by atoms with van der Waals surface area (Å²) in [5, 5.41) is 22.9. The Balaban J connectivity index is 1.28. The molecule has 2 aromatic heterocycles. The number of benzene rings is 3.